The molecule has 0 spiro atoms. The molecule has 0 N–H and O–H groups in total. The van der Waals surface area contributed by atoms with Crippen LogP contribution in [0.25, 0.3) is 0 Å². The first-order valence-corrected chi connectivity index (χ1v) is 8.23. The van der Waals surface area contributed by atoms with Crippen LogP contribution in [0.4, 0.5) is 4.39 Å². The van der Waals surface area contributed by atoms with Crippen molar-refractivity contribution in [2.24, 2.45) is 5.16 Å². The fourth-order valence-corrected chi connectivity index (χ4v) is 2.91. The minimum atomic E-state index is -0.240. The van der Waals surface area contributed by atoms with Gasteiger partial charge in [0.25, 0.3) is 0 Å². The molecular formula is C18H20FNOS. The molecule has 0 saturated heterocycles. The van der Waals surface area contributed by atoms with Gasteiger partial charge < -0.3 is 4.84 Å². The second-order valence-corrected chi connectivity index (χ2v) is 6.16. The highest BCUT2D eigenvalue weighted by Crippen LogP contribution is 2.20. The standard InChI is InChI=1S/C18H20FNOS/c1-14-5-11-17(12-6-14)22-13-3-4-18(20-21-2)15-7-9-16(19)10-8-15/h5-12H,3-4,13H2,1-2H3/b20-18-. The Kier molecular flexibility index (Phi) is 6.46. The lowest BCUT2D eigenvalue weighted by molar-refractivity contribution is 0.213. The van der Waals surface area contributed by atoms with Gasteiger partial charge in [0.1, 0.15) is 12.9 Å². The van der Waals surface area contributed by atoms with Crippen LogP contribution in [0.2, 0.25) is 0 Å². The summed E-state index contributed by atoms with van der Waals surface area (Å²) < 4.78 is 13.0. The van der Waals surface area contributed by atoms with Gasteiger partial charge in [-0.1, -0.05) is 35.0 Å². The van der Waals surface area contributed by atoms with Crippen LogP contribution in [0.3, 0.4) is 0 Å². The second kappa shape index (κ2) is 8.59. The van der Waals surface area contributed by atoms with E-state index < -0.39 is 0 Å². The van der Waals surface area contributed by atoms with Crippen molar-refractivity contribution in [2.75, 3.05) is 12.9 Å². The summed E-state index contributed by atoms with van der Waals surface area (Å²) in [6.45, 7) is 2.09. The monoisotopic (exact) mass is 317 g/mol. The molecule has 2 rings (SSSR count). The van der Waals surface area contributed by atoms with Gasteiger partial charge in [-0.2, -0.15) is 0 Å². The summed E-state index contributed by atoms with van der Waals surface area (Å²) in [6.07, 6.45) is 1.79. The molecule has 0 aliphatic heterocycles. The summed E-state index contributed by atoms with van der Waals surface area (Å²) in [6, 6.07) is 14.9. The molecule has 0 aliphatic carbocycles. The lowest BCUT2D eigenvalue weighted by atomic mass is 10.1. The molecule has 2 aromatic carbocycles. The Bertz CT molecular complexity index is 608. The minimum absolute atomic E-state index is 0.240. The number of oxime groups is 1. The van der Waals surface area contributed by atoms with E-state index in [2.05, 4.69) is 36.3 Å². The number of nitrogens with zero attached hydrogens (tertiary/aromatic N) is 1. The Morgan fingerprint density at radius 3 is 2.41 bits per heavy atom. The molecule has 0 saturated carbocycles. The lowest BCUT2D eigenvalue weighted by Gasteiger charge is -2.06. The molecule has 0 radical (unpaired) electrons. The van der Waals surface area contributed by atoms with Crippen LogP contribution in [0.1, 0.15) is 24.0 Å². The average molecular weight is 317 g/mol. The summed E-state index contributed by atoms with van der Waals surface area (Å²) in [5.41, 5.74) is 3.03. The lowest BCUT2D eigenvalue weighted by Crippen LogP contribution is -2.02. The van der Waals surface area contributed by atoms with Crippen molar-refractivity contribution < 1.29 is 9.23 Å². The predicted molar refractivity (Wildman–Crippen MR) is 91.1 cm³/mol. The first kappa shape index (κ1) is 16.6. The number of hydrogen-bond donors (Lipinski definition) is 0. The Balaban J connectivity index is 1.86. The third kappa shape index (κ3) is 5.19. The normalized spacial score (nSPS) is 11.5. The third-order valence-corrected chi connectivity index (χ3v) is 4.32. The van der Waals surface area contributed by atoms with Crippen LogP contribution in [0, 0.1) is 12.7 Å². The number of benzene rings is 2. The highest BCUT2D eigenvalue weighted by Gasteiger charge is 2.05. The van der Waals surface area contributed by atoms with E-state index in [4.69, 9.17) is 4.84 Å². The highest BCUT2D eigenvalue weighted by molar-refractivity contribution is 7.99. The van der Waals surface area contributed by atoms with Gasteiger partial charge in [0.05, 0.1) is 5.71 Å². The molecule has 0 amide bonds. The predicted octanol–water partition coefficient (Wildman–Crippen LogP) is 5.06. The highest BCUT2D eigenvalue weighted by atomic mass is 32.2. The summed E-state index contributed by atoms with van der Waals surface area (Å²) >= 11 is 1.83. The van der Waals surface area contributed by atoms with E-state index in [0.29, 0.717) is 0 Å². The Morgan fingerprint density at radius 2 is 1.77 bits per heavy atom. The maximum atomic E-state index is 13.0. The maximum absolute atomic E-state index is 13.0. The molecule has 0 atom stereocenters. The Morgan fingerprint density at radius 1 is 1.09 bits per heavy atom. The maximum Gasteiger partial charge on any atom is 0.123 e. The van der Waals surface area contributed by atoms with Crippen LogP contribution in [0.5, 0.6) is 0 Å². The summed E-state index contributed by atoms with van der Waals surface area (Å²) in [7, 11) is 1.53. The number of hydrogen-bond acceptors (Lipinski definition) is 3. The first-order valence-electron chi connectivity index (χ1n) is 7.24. The zero-order valence-corrected chi connectivity index (χ0v) is 13.7. The molecule has 22 heavy (non-hydrogen) atoms. The van der Waals surface area contributed by atoms with Crippen LogP contribution in [-0.2, 0) is 4.84 Å². The molecule has 0 aromatic heterocycles. The van der Waals surface area contributed by atoms with Crippen molar-refractivity contribution in [3.8, 4) is 0 Å². The molecule has 4 heteroatoms. The number of rotatable bonds is 7. The minimum Gasteiger partial charge on any atom is -0.399 e. The Hall–Kier alpha value is -1.81. The fraction of sp³-hybridized carbons (Fsp3) is 0.278. The quantitative estimate of drug-likeness (QED) is 0.308. The van der Waals surface area contributed by atoms with E-state index in [9.17, 15) is 4.39 Å². The first-order chi connectivity index (χ1) is 10.7. The van der Waals surface area contributed by atoms with Gasteiger partial charge in [-0.3, -0.25) is 0 Å². The van der Waals surface area contributed by atoms with Crippen molar-refractivity contribution in [3.05, 3.63) is 65.5 Å². The topological polar surface area (TPSA) is 21.6 Å². The molecule has 0 heterocycles. The van der Waals surface area contributed by atoms with E-state index in [0.717, 1.165) is 29.9 Å². The van der Waals surface area contributed by atoms with Crippen molar-refractivity contribution >= 4 is 17.5 Å². The van der Waals surface area contributed by atoms with E-state index in [-0.39, 0.29) is 5.82 Å². The molecule has 0 unspecified atom stereocenters. The second-order valence-electron chi connectivity index (χ2n) is 4.99. The van der Waals surface area contributed by atoms with Crippen molar-refractivity contribution in [3.63, 3.8) is 0 Å². The molecule has 2 aromatic rings. The number of thioether (sulfide) groups is 1. The van der Waals surface area contributed by atoms with E-state index in [1.807, 2.05) is 11.8 Å². The van der Waals surface area contributed by atoms with Crippen molar-refractivity contribution in [2.45, 2.75) is 24.7 Å². The largest absolute Gasteiger partial charge is 0.399 e. The summed E-state index contributed by atoms with van der Waals surface area (Å²) in [4.78, 5) is 6.18. The molecule has 0 fully saturated rings. The van der Waals surface area contributed by atoms with Gasteiger partial charge in [0.2, 0.25) is 0 Å². The molecule has 0 aliphatic rings. The van der Waals surface area contributed by atoms with Gasteiger partial charge >= 0.3 is 0 Å². The van der Waals surface area contributed by atoms with Crippen LogP contribution >= 0.6 is 11.8 Å². The van der Waals surface area contributed by atoms with Gasteiger partial charge in [-0.15, -0.1) is 11.8 Å². The SMILES string of the molecule is CO/N=C(/CCCSc1ccc(C)cc1)c1ccc(F)cc1. The van der Waals surface area contributed by atoms with Crippen LogP contribution in [-0.4, -0.2) is 18.6 Å². The van der Waals surface area contributed by atoms with Crippen molar-refractivity contribution in [1.29, 1.82) is 0 Å². The van der Waals surface area contributed by atoms with Crippen molar-refractivity contribution in [1.82, 2.24) is 0 Å². The third-order valence-electron chi connectivity index (χ3n) is 3.23. The molecular weight excluding hydrogens is 297 g/mol. The Labute approximate surface area is 135 Å². The van der Waals surface area contributed by atoms with Gasteiger partial charge in [-0.25, -0.2) is 4.39 Å². The van der Waals surface area contributed by atoms with Gasteiger partial charge in [0.15, 0.2) is 0 Å². The molecule has 116 valence electrons. The molecule has 0 bridgehead atoms. The number of halogens is 1. The van der Waals surface area contributed by atoms with Gasteiger partial charge in [0, 0.05) is 4.90 Å². The average Bonchev–Trinajstić information content (AvgIpc) is 2.53. The summed E-state index contributed by atoms with van der Waals surface area (Å²) in [5, 5.41) is 4.07. The summed E-state index contributed by atoms with van der Waals surface area (Å²) in [5.74, 6) is 0.767. The number of aryl methyl sites for hydroxylation is 1. The fourth-order valence-electron chi connectivity index (χ4n) is 2.06. The van der Waals surface area contributed by atoms with Crippen LogP contribution in [0.15, 0.2) is 58.6 Å². The van der Waals surface area contributed by atoms with Crippen LogP contribution < -0.4 is 0 Å². The van der Waals surface area contributed by atoms with Gasteiger partial charge in [-0.05, 0) is 55.3 Å². The van der Waals surface area contributed by atoms with E-state index in [1.54, 1.807) is 12.1 Å². The molecule has 2 nitrogen and oxygen atoms in total. The zero-order chi connectivity index (χ0) is 15.8. The smallest absolute Gasteiger partial charge is 0.123 e. The van der Waals surface area contributed by atoms with E-state index in [1.165, 1.54) is 29.7 Å². The van der Waals surface area contributed by atoms with E-state index >= 15 is 0 Å². The zero-order valence-electron chi connectivity index (χ0n) is 12.9.